The summed E-state index contributed by atoms with van der Waals surface area (Å²) in [5.41, 5.74) is 0.331. The molecule has 1 aliphatic rings. The van der Waals surface area contributed by atoms with Crippen molar-refractivity contribution >= 4 is 23.5 Å². The number of nitrogens with zero attached hydrogens (tertiary/aromatic N) is 4. The average molecular weight is 515 g/mol. The summed E-state index contributed by atoms with van der Waals surface area (Å²) in [6, 6.07) is 7.71. The number of aromatic nitrogens is 4. The predicted octanol–water partition coefficient (Wildman–Crippen LogP) is 3.95. The Bertz CT molecular complexity index is 1380. The molecular formula is C23H17ClF2N6O4. The molecule has 0 saturated carbocycles. The summed E-state index contributed by atoms with van der Waals surface area (Å²) in [6.45, 7) is 0.0249. The van der Waals surface area contributed by atoms with E-state index in [1.807, 2.05) is 0 Å². The smallest absolute Gasteiger partial charge is 0.316 e. The second-order valence-electron chi connectivity index (χ2n) is 7.69. The van der Waals surface area contributed by atoms with E-state index in [0.717, 1.165) is 12.1 Å². The van der Waals surface area contributed by atoms with Crippen LogP contribution in [0.5, 0.6) is 17.4 Å². The van der Waals surface area contributed by atoms with Gasteiger partial charge in [0, 0.05) is 35.7 Å². The van der Waals surface area contributed by atoms with Crippen LogP contribution in [0.25, 0.3) is 11.5 Å². The van der Waals surface area contributed by atoms with Gasteiger partial charge in [-0.15, -0.1) is 5.10 Å². The number of methoxy groups -OCH3 is 1. The number of rotatable bonds is 7. The summed E-state index contributed by atoms with van der Waals surface area (Å²) in [6.07, 6.45) is 2.76. The van der Waals surface area contributed by atoms with Gasteiger partial charge in [-0.1, -0.05) is 16.7 Å². The van der Waals surface area contributed by atoms with E-state index in [2.05, 4.69) is 30.8 Å². The lowest BCUT2D eigenvalue weighted by Gasteiger charge is -2.19. The van der Waals surface area contributed by atoms with E-state index in [1.165, 1.54) is 19.5 Å². The van der Waals surface area contributed by atoms with Gasteiger partial charge in [0.2, 0.25) is 17.7 Å². The number of amides is 1. The monoisotopic (exact) mass is 514 g/mol. The lowest BCUT2D eigenvalue weighted by molar-refractivity contribution is -0.119. The highest BCUT2D eigenvalue weighted by molar-refractivity contribution is 6.29. The molecular weight excluding hydrogens is 498 g/mol. The van der Waals surface area contributed by atoms with Crippen molar-refractivity contribution in [2.75, 3.05) is 19.0 Å². The first-order valence-electron chi connectivity index (χ1n) is 10.6. The zero-order chi connectivity index (χ0) is 25.2. The second kappa shape index (κ2) is 9.74. The fourth-order valence-corrected chi connectivity index (χ4v) is 3.86. The van der Waals surface area contributed by atoms with Crippen molar-refractivity contribution in [2.24, 2.45) is 0 Å². The highest BCUT2D eigenvalue weighted by Gasteiger charge is 2.40. The average Bonchev–Trinajstić information content (AvgIpc) is 3.48. The van der Waals surface area contributed by atoms with Crippen LogP contribution in [-0.2, 0) is 4.79 Å². The molecule has 2 atom stereocenters. The summed E-state index contributed by atoms with van der Waals surface area (Å²) in [7, 11) is 1.31. The summed E-state index contributed by atoms with van der Waals surface area (Å²) >= 11 is 5.71. The van der Waals surface area contributed by atoms with Crippen LogP contribution in [0.4, 0.5) is 14.8 Å². The number of nitrogens with one attached hydrogen (secondary N) is 2. The molecule has 10 nitrogen and oxygen atoms in total. The van der Waals surface area contributed by atoms with Crippen LogP contribution in [0.15, 0.2) is 53.2 Å². The number of carbonyl (C=O) groups is 1. The molecule has 1 fully saturated rings. The van der Waals surface area contributed by atoms with E-state index in [0.29, 0.717) is 11.3 Å². The van der Waals surface area contributed by atoms with Crippen molar-refractivity contribution in [1.82, 2.24) is 25.5 Å². The third-order valence-corrected chi connectivity index (χ3v) is 5.66. The van der Waals surface area contributed by atoms with Crippen molar-refractivity contribution in [3.8, 4) is 28.8 Å². The number of carbonyl (C=O) groups excluding carboxylic acids is 1. The number of benzene rings is 2. The van der Waals surface area contributed by atoms with Gasteiger partial charge in [0.05, 0.1) is 19.5 Å². The number of hydrogen-bond donors (Lipinski definition) is 2. The van der Waals surface area contributed by atoms with Gasteiger partial charge < -0.3 is 24.5 Å². The van der Waals surface area contributed by atoms with Crippen LogP contribution in [0.3, 0.4) is 0 Å². The molecule has 2 aromatic carbocycles. The van der Waals surface area contributed by atoms with Crippen LogP contribution in [0, 0.1) is 11.6 Å². The van der Waals surface area contributed by atoms with Crippen molar-refractivity contribution in [1.29, 1.82) is 0 Å². The van der Waals surface area contributed by atoms with Crippen LogP contribution >= 0.6 is 11.6 Å². The van der Waals surface area contributed by atoms with E-state index in [-0.39, 0.29) is 40.8 Å². The third kappa shape index (κ3) is 4.75. The van der Waals surface area contributed by atoms with Crippen molar-refractivity contribution < 1.29 is 27.5 Å². The van der Waals surface area contributed by atoms with Crippen LogP contribution in [-0.4, -0.2) is 45.8 Å². The Morgan fingerprint density at radius 1 is 1.08 bits per heavy atom. The standard InChI is InChI=1S/C23H17ClF2N6O4/c1-34-13-6-15(25)19(16(26)7-13)14-8-29-21(33)20(14)30-23-32-31-22(36-23)11-2-4-12(5-3-11)35-18-10-27-17(24)9-28-18/h2-7,9-10,14,20H,8H2,1H3,(H,29,33)(H,30,32). The summed E-state index contributed by atoms with van der Waals surface area (Å²) < 4.78 is 45.4. The SMILES string of the molecule is COc1cc(F)c(C2CNC(=O)C2Nc2nnc(-c3ccc(Oc4cnc(Cl)cn4)cc3)o2)c(F)c1. The second-order valence-corrected chi connectivity index (χ2v) is 8.08. The summed E-state index contributed by atoms with van der Waals surface area (Å²) in [5, 5.41) is 13.5. The van der Waals surface area contributed by atoms with E-state index >= 15 is 0 Å². The number of ether oxygens (including phenoxy) is 2. The Morgan fingerprint density at radius 3 is 2.50 bits per heavy atom. The molecule has 0 radical (unpaired) electrons. The molecule has 36 heavy (non-hydrogen) atoms. The molecule has 5 rings (SSSR count). The third-order valence-electron chi connectivity index (χ3n) is 5.46. The first-order valence-corrected chi connectivity index (χ1v) is 11.0. The first kappa shape index (κ1) is 23.4. The van der Waals surface area contributed by atoms with Gasteiger partial charge in [0.15, 0.2) is 0 Å². The fourth-order valence-electron chi connectivity index (χ4n) is 3.76. The van der Waals surface area contributed by atoms with Crippen LogP contribution in [0.1, 0.15) is 11.5 Å². The summed E-state index contributed by atoms with van der Waals surface area (Å²) in [4.78, 5) is 20.3. The lowest BCUT2D eigenvalue weighted by Crippen LogP contribution is -2.33. The Balaban J connectivity index is 1.31. The Kier molecular flexibility index (Phi) is 6.34. The topological polar surface area (TPSA) is 124 Å². The number of anilines is 1. The van der Waals surface area contributed by atoms with Gasteiger partial charge in [0.25, 0.3) is 0 Å². The molecule has 1 amide bonds. The Hall–Kier alpha value is -4.32. The maximum absolute atomic E-state index is 14.6. The van der Waals surface area contributed by atoms with Crippen LogP contribution in [0.2, 0.25) is 5.15 Å². The van der Waals surface area contributed by atoms with Gasteiger partial charge in [-0.25, -0.2) is 18.7 Å². The van der Waals surface area contributed by atoms with E-state index < -0.39 is 29.5 Å². The highest BCUT2D eigenvalue weighted by Crippen LogP contribution is 2.33. The zero-order valence-electron chi connectivity index (χ0n) is 18.5. The molecule has 4 aromatic rings. The number of hydrogen-bond acceptors (Lipinski definition) is 9. The minimum absolute atomic E-state index is 0.0249. The van der Waals surface area contributed by atoms with Crippen molar-refractivity contribution in [3.05, 3.63) is 71.1 Å². The molecule has 2 N–H and O–H groups in total. The molecule has 2 unspecified atom stereocenters. The first-order chi connectivity index (χ1) is 17.4. The van der Waals surface area contributed by atoms with Gasteiger partial charge in [-0.3, -0.25) is 4.79 Å². The fraction of sp³-hybridized carbons (Fsp3) is 0.174. The highest BCUT2D eigenvalue weighted by atomic mass is 35.5. The molecule has 1 saturated heterocycles. The minimum atomic E-state index is -1.04. The van der Waals surface area contributed by atoms with Gasteiger partial charge in [0.1, 0.15) is 34.3 Å². The predicted molar refractivity (Wildman–Crippen MR) is 123 cm³/mol. The van der Waals surface area contributed by atoms with Crippen molar-refractivity contribution in [3.63, 3.8) is 0 Å². The minimum Gasteiger partial charge on any atom is -0.497 e. The quantitative estimate of drug-likeness (QED) is 0.377. The van der Waals surface area contributed by atoms with Gasteiger partial charge in [-0.2, -0.15) is 0 Å². The zero-order valence-corrected chi connectivity index (χ0v) is 19.3. The largest absolute Gasteiger partial charge is 0.497 e. The maximum Gasteiger partial charge on any atom is 0.316 e. The van der Waals surface area contributed by atoms with E-state index in [1.54, 1.807) is 24.3 Å². The Labute approximate surface area is 207 Å². The molecule has 0 spiro atoms. The lowest BCUT2D eigenvalue weighted by atomic mass is 9.93. The van der Waals surface area contributed by atoms with E-state index in [9.17, 15) is 13.6 Å². The van der Waals surface area contributed by atoms with E-state index in [4.69, 9.17) is 25.5 Å². The molecule has 0 bridgehead atoms. The van der Waals surface area contributed by atoms with Gasteiger partial charge >= 0.3 is 6.01 Å². The Morgan fingerprint density at radius 2 is 1.83 bits per heavy atom. The molecule has 1 aliphatic heterocycles. The number of halogens is 3. The summed E-state index contributed by atoms with van der Waals surface area (Å²) in [5.74, 6) is -2.00. The normalized spacial score (nSPS) is 17.1. The molecule has 0 aliphatic carbocycles. The van der Waals surface area contributed by atoms with Crippen LogP contribution < -0.4 is 20.1 Å². The maximum atomic E-state index is 14.6. The van der Waals surface area contributed by atoms with Crippen molar-refractivity contribution in [2.45, 2.75) is 12.0 Å². The van der Waals surface area contributed by atoms with Gasteiger partial charge in [-0.05, 0) is 24.3 Å². The molecule has 2 aromatic heterocycles. The molecule has 3 heterocycles. The molecule has 13 heteroatoms. The molecule has 184 valence electrons.